The van der Waals surface area contributed by atoms with Gasteiger partial charge in [0.15, 0.2) is 0 Å². The molecule has 11 heteroatoms. The van der Waals surface area contributed by atoms with Crippen molar-refractivity contribution in [1.82, 2.24) is 10.2 Å². The molecule has 3 aromatic carbocycles. The minimum absolute atomic E-state index is 0.0241. The van der Waals surface area contributed by atoms with Crippen LogP contribution in [0.3, 0.4) is 0 Å². The third kappa shape index (κ3) is 8.42. The molecule has 7 nitrogen and oxygen atoms in total. The van der Waals surface area contributed by atoms with Crippen molar-refractivity contribution in [2.75, 3.05) is 23.7 Å². The third-order valence-corrected chi connectivity index (χ3v) is 7.90. The van der Waals surface area contributed by atoms with Crippen LogP contribution in [-0.4, -0.2) is 50.5 Å². The first-order chi connectivity index (χ1) is 18.5. The van der Waals surface area contributed by atoms with Gasteiger partial charge in [-0.05, 0) is 41.8 Å². The molecule has 0 aliphatic carbocycles. The van der Waals surface area contributed by atoms with Crippen molar-refractivity contribution in [2.45, 2.75) is 32.4 Å². The lowest BCUT2D eigenvalue weighted by Gasteiger charge is -2.33. The van der Waals surface area contributed by atoms with Crippen molar-refractivity contribution < 1.29 is 22.4 Å². The molecule has 0 fully saturated rings. The quantitative estimate of drug-likeness (QED) is 0.318. The summed E-state index contributed by atoms with van der Waals surface area (Å²) in [6.07, 6.45) is 1.82. The molecule has 2 amide bonds. The second-order valence-corrected chi connectivity index (χ2v) is 11.7. The number of benzene rings is 3. The van der Waals surface area contributed by atoms with Crippen LogP contribution in [0.15, 0.2) is 72.8 Å². The van der Waals surface area contributed by atoms with E-state index in [4.69, 9.17) is 23.2 Å². The Labute approximate surface area is 238 Å². The number of carbonyl (C=O) groups excluding carboxylic acids is 2. The molecule has 0 radical (unpaired) electrons. The smallest absolute Gasteiger partial charge is 0.244 e. The van der Waals surface area contributed by atoms with Gasteiger partial charge in [-0.15, -0.1) is 0 Å². The maximum absolute atomic E-state index is 13.9. The lowest BCUT2D eigenvalue weighted by atomic mass is 10.0. The van der Waals surface area contributed by atoms with Crippen molar-refractivity contribution in [3.05, 3.63) is 99.8 Å². The lowest BCUT2D eigenvalue weighted by Crippen LogP contribution is -2.53. The normalized spacial score (nSPS) is 12.0. The molecule has 39 heavy (non-hydrogen) atoms. The summed E-state index contributed by atoms with van der Waals surface area (Å²) in [5.74, 6) is -1.48. The van der Waals surface area contributed by atoms with Crippen molar-refractivity contribution in [1.29, 1.82) is 0 Å². The SMILES string of the molecule is CCCNC(=O)[C@@H](Cc1ccccc1)N(Cc1ccc(F)cc1)C(=O)CN(c1cccc(Cl)c1Cl)S(C)(=O)=O. The van der Waals surface area contributed by atoms with Crippen LogP contribution < -0.4 is 9.62 Å². The number of sulfonamides is 1. The summed E-state index contributed by atoms with van der Waals surface area (Å²) in [6, 6.07) is 18.2. The molecule has 3 rings (SSSR count). The summed E-state index contributed by atoms with van der Waals surface area (Å²) in [6.45, 7) is 1.62. The van der Waals surface area contributed by atoms with Gasteiger partial charge in [-0.1, -0.05) is 78.7 Å². The molecule has 0 aromatic heterocycles. The molecule has 0 heterocycles. The zero-order valence-corrected chi connectivity index (χ0v) is 23.9. The highest BCUT2D eigenvalue weighted by Gasteiger charge is 2.33. The number of halogens is 3. The Hall–Kier alpha value is -3.14. The molecule has 0 aliphatic heterocycles. The van der Waals surface area contributed by atoms with Gasteiger partial charge in [0, 0.05) is 19.5 Å². The monoisotopic (exact) mass is 593 g/mol. The van der Waals surface area contributed by atoms with E-state index in [9.17, 15) is 22.4 Å². The van der Waals surface area contributed by atoms with Crippen LogP contribution in [0.2, 0.25) is 10.0 Å². The largest absolute Gasteiger partial charge is 0.354 e. The number of carbonyl (C=O) groups is 2. The van der Waals surface area contributed by atoms with Gasteiger partial charge in [-0.3, -0.25) is 13.9 Å². The van der Waals surface area contributed by atoms with Crippen LogP contribution in [0.4, 0.5) is 10.1 Å². The summed E-state index contributed by atoms with van der Waals surface area (Å²) in [5.41, 5.74) is 1.42. The number of rotatable bonds is 12. The highest BCUT2D eigenvalue weighted by atomic mass is 35.5. The predicted octanol–water partition coefficient (Wildman–Crippen LogP) is 5.06. The van der Waals surface area contributed by atoms with Crippen LogP contribution in [0, 0.1) is 5.82 Å². The Kier molecular flexibility index (Phi) is 10.7. The van der Waals surface area contributed by atoms with E-state index in [2.05, 4.69) is 5.32 Å². The summed E-state index contributed by atoms with van der Waals surface area (Å²) >= 11 is 12.4. The summed E-state index contributed by atoms with van der Waals surface area (Å²) in [5, 5.41) is 2.95. The van der Waals surface area contributed by atoms with Crippen molar-refractivity contribution >= 4 is 50.7 Å². The second-order valence-electron chi connectivity index (χ2n) is 8.99. The van der Waals surface area contributed by atoms with Gasteiger partial charge in [0.05, 0.1) is 22.0 Å². The number of anilines is 1. The molecule has 0 unspecified atom stereocenters. The van der Waals surface area contributed by atoms with Gasteiger partial charge in [-0.25, -0.2) is 12.8 Å². The minimum atomic E-state index is -3.99. The van der Waals surface area contributed by atoms with Crippen LogP contribution in [0.25, 0.3) is 0 Å². The molecule has 1 N–H and O–H groups in total. The molecule has 0 bridgehead atoms. The molecule has 0 saturated heterocycles. The number of hydrogen-bond acceptors (Lipinski definition) is 4. The summed E-state index contributed by atoms with van der Waals surface area (Å²) in [4.78, 5) is 28.7. The molecule has 1 atom stereocenters. The Balaban J connectivity index is 2.06. The zero-order valence-electron chi connectivity index (χ0n) is 21.6. The number of nitrogens with one attached hydrogen (secondary N) is 1. The van der Waals surface area contributed by atoms with Crippen LogP contribution in [0.1, 0.15) is 24.5 Å². The van der Waals surface area contributed by atoms with Gasteiger partial charge < -0.3 is 10.2 Å². The Morgan fingerprint density at radius 2 is 1.62 bits per heavy atom. The highest BCUT2D eigenvalue weighted by Crippen LogP contribution is 2.33. The fourth-order valence-corrected chi connectivity index (χ4v) is 5.29. The molecule has 208 valence electrons. The van der Waals surface area contributed by atoms with E-state index in [1.165, 1.54) is 47.4 Å². The van der Waals surface area contributed by atoms with Gasteiger partial charge >= 0.3 is 0 Å². The third-order valence-electron chi connectivity index (χ3n) is 5.97. The van der Waals surface area contributed by atoms with Crippen LogP contribution >= 0.6 is 23.2 Å². The van der Waals surface area contributed by atoms with Crippen molar-refractivity contribution in [3.8, 4) is 0 Å². The van der Waals surface area contributed by atoms with E-state index < -0.39 is 34.3 Å². The predicted molar refractivity (Wildman–Crippen MR) is 153 cm³/mol. The first-order valence-electron chi connectivity index (χ1n) is 12.3. The fourth-order valence-electron chi connectivity index (χ4n) is 3.99. The first kappa shape index (κ1) is 30.4. The average Bonchev–Trinajstić information content (AvgIpc) is 2.90. The molecule has 0 spiro atoms. The maximum atomic E-state index is 13.9. The zero-order chi connectivity index (χ0) is 28.6. The van der Waals surface area contributed by atoms with E-state index in [-0.39, 0.29) is 34.6 Å². The van der Waals surface area contributed by atoms with Crippen molar-refractivity contribution in [3.63, 3.8) is 0 Å². The maximum Gasteiger partial charge on any atom is 0.244 e. The van der Waals surface area contributed by atoms with E-state index in [0.29, 0.717) is 18.5 Å². The number of amides is 2. The Bertz CT molecular complexity index is 1390. The van der Waals surface area contributed by atoms with E-state index in [1.54, 1.807) is 0 Å². The molecule has 3 aromatic rings. The topological polar surface area (TPSA) is 86.8 Å². The van der Waals surface area contributed by atoms with Crippen molar-refractivity contribution in [2.24, 2.45) is 0 Å². The standard InChI is InChI=1S/C28H30Cl2FN3O4S/c1-3-16-32-28(36)25(17-20-8-5-4-6-9-20)33(18-21-12-14-22(31)15-13-21)26(35)19-34(39(2,37)38)24-11-7-10-23(29)27(24)30/h4-15,25H,3,16-19H2,1-2H3,(H,32,36)/t25-/m1/s1. The molecule has 0 saturated carbocycles. The molecular formula is C28H30Cl2FN3O4S. The fraction of sp³-hybridized carbons (Fsp3) is 0.286. The Morgan fingerprint density at radius 1 is 0.949 bits per heavy atom. The van der Waals surface area contributed by atoms with Crippen LogP contribution in [0.5, 0.6) is 0 Å². The van der Waals surface area contributed by atoms with E-state index >= 15 is 0 Å². The summed E-state index contributed by atoms with van der Waals surface area (Å²) in [7, 11) is -3.99. The average molecular weight is 595 g/mol. The first-order valence-corrected chi connectivity index (χ1v) is 14.9. The number of nitrogens with zero attached hydrogens (tertiary/aromatic N) is 2. The minimum Gasteiger partial charge on any atom is -0.354 e. The Morgan fingerprint density at radius 3 is 2.23 bits per heavy atom. The van der Waals surface area contributed by atoms with E-state index in [1.807, 2.05) is 37.3 Å². The van der Waals surface area contributed by atoms with Crippen LogP contribution in [-0.2, 0) is 32.6 Å². The van der Waals surface area contributed by atoms with E-state index in [0.717, 1.165) is 16.1 Å². The molecular weight excluding hydrogens is 564 g/mol. The number of hydrogen-bond donors (Lipinski definition) is 1. The highest BCUT2D eigenvalue weighted by molar-refractivity contribution is 7.92. The lowest BCUT2D eigenvalue weighted by molar-refractivity contribution is -0.140. The molecule has 0 aliphatic rings. The van der Waals surface area contributed by atoms with Gasteiger partial charge in [0.2, 0.25) is 21.8 Å². The van der Waals surface area contributed by atoms with Gasteiger partial charge in [0.25, 0.3) is 0 Å². The van der Waals surface area contributed by atoms with Gasteiger partial charge in [-0.2, -0.15) is 0 Å². The summed E-state index contributed by atoms with van der Waals surface area (Å²) < 4.78 is 40.1. The second kappa shape index (κ2) is 13.8. The van der Waals surface area contributed by atoms with Gasteiger partial charge in [0.1, 0.15) is 18.4 Å².